The van der Waals surface area contributed by atoms with Gasteiger partial charge in [-0.1, -0.05) is 91.0 Å². The van der Waals surface area contributed by atoms with E-state index in [1.54, 1.807) is 0 Å². The molecule has 0 aromatic heterocycles. The fourth-order valence-corrected chi connectivity index (χ4v) is 5.24. The molecule has 280 valence electrons. The molecular weight excluding hydrogens is 654 g/mol. The lowest BCUT2D eigenvalue weighted by Crippen LogP contribution is -2.53. The Kier molecular flexibility index (Phi) is 18.4. The molecule has 0 saturated carbocycles. The van der Waals surface area contributed by atoms with Crippen molar-refractivity contribution in [1.82, 2.24) is 5.32 Å². The van der Waals surface area contributed by atoms with Crippen LogP contribution < -0.4 is 5.32 Å². The lowest BCUT2D eigenvalue weighted by atomic mass is 10.0. The van der Waals surface area contributed by atoms with Crippen LogP contribution in [0.25, 0.3) is 0 Å². The summed E-state index contributed by atoms with van der Waals surface area (Å²) in [5, 5.41) is 2.65. The van der Waals surface area contributed by atoms with Crippen molar-refractivity contribution in [2.75, 3.05) is 59.4 Å². The van der Waals surface area contributed by atoms with Gasteiger partial charge in [0.2, 0.25) is 0 Å². The number of amides is 1. The Labute approximate surface area is 302 Å². The summed E-state index contributed by atoms with van der Waals surface area (Å²) in [4.78, 5) is 11.6. The zero-order valence-corrected chi connectivity index (χ0v) is 30.2. The fraction of sp³-hybridized carbons (Fsp3) is 0.525. The molecule has 4 rings (SSSR count). The minimum absolute atomic E-state index is 0.289. The molecule has 0 bridgehead atoms. The quantitative estimate of drug-likeness (QED) is 0.116. The molecule has 0 radical (unpaired) electrons. The summed E-state index contributed by atoms with van der Waals surface area (Å²) in [6, 6.07) is 30.3. The Morgan fingerprint density at radius 1 is 0.647 bits per heavy atom. The van der Waals surface area contributed by atoms with Crippen molar-refractivity contribution in [2.45, 2.75) is 77.2 Å². The number of benzene rings is 3. The number of nitrogens with one attached hydrogen (secondary N) is 1. The first kappa shape index (κ1) is 40.4. The third kappa shape index (κ3) is 17.1. The van der Waals surface area contributed by atoms with Crippen LogP contribution >= 0.6 is 0 Å². The van der Waals surface area contributed by atoms with Crippen LogP contribution in [0.5, 0.6) is 0 Å². The molecule has 1 amide bonds. The molecule has 1 heterocycles. The van der Waals surface area contributed by atoms with Gasteiger partial charge < -0.3 is 47.9 Å². The van der Waals surface area contributed by atoms with Crippen LogP contribution in [-0.4, -0.2) is 95.7 Å². The third-order valence-electron chi connectivity index (χ3n) is 7.66. The molecule has 4 atom stereocenters. The standard InChI is InChI=1S/C40H55NO10/c1-40(2,3)51-39(42)41-19-20-43-21-22-44-23-24-45-25-26-47-37-27-35(48-29-33-15-9-5-10-16-33)38(49-30-34-17-11-6-12-18-34)36(50-37)31-46-28-32-13-7-4-8-14-32/h4-18,35-38H,19-31H2,1-3H3,(H,41,42)/t35-,36-,37+,38-/m1/s1. The van der Waals surface area contributed by atoms with Crippen molar-refractivity contribution in [3.8, 4) is 0 Å². The minimum atomic E-state index is -0.527. The predicted octanol–water partition coefficient (Wildman–Crippen LogP) is 6.08. The highest BCUT2D eigenvalue weighted by Gasteiger charge is 2.41. The van der Waals surface area contributed by atoms with E-state index in [-0.39, 0.29) is 12.2 Å². The molecule has 0 spiro atoms. The van der Waals surface area contributed by atoms with E-state index in [0.29, 0.717) is 85.6 Å². The summed E-state index contributed by atoms with van der Waals surface area (Å²) in [6.45, 7) is 10.3. The van der Waals surface area contributed by atoms with Gasteiger partial charge in [-0.15, -0.1) is 0 Å². The highest BCUT2D eigenvalue weighted by atomic mass is 16.7. The van der Waals surface area contributed by atoms with E-state index in [4.69, 9.17) is 42.6 Å². The zero-order chi connectivity index (χ0) is 36.0. The number of ether oxygens (including phenoxy) is 9. The van der Waals surface area contributed by atoms with Gasteiger partial charge in [0.1, 0.15) is 17.8 Å². The Hall–Kier alpha value is -3.39. The van der Waals surface area contributed by atoms with Crippen molar-refractivity contribution in [3.63, 3.8) is 0 Å². The molecule has 11 heteroatoms. The number of carbonyl (C=O) groups excluding carboxylic acids is 1. The molecular formula is C40H55NO10. The molecule has 1 fully saturated rings. The Morgan fingerprint density at radius 3 is 1.73 bits per heavy atom. The molecule has 51 heavy (non-hydrogen) atoms. The molecule has 11 nitrogen and oxygen atoms in total. The van der Waals surface area contributed by atoms with Gasteiger partial charge in [-0.25, -0.2) is 4.79 Å². The van der Waals surface area contributed by atoms with Gasteiger partial charge >= 0.3 is 6.09 Å². The van der Waals surface area contributed by atoms with E-state index in [9.17, 15) is 4.79 Å². The average molecular weight is 710 g/mol. The van der Waals surface area contributed by atoms with Gasteiger partial charge in [0.05, 0.1) is 78.8 Å². The van der Waals surface area contributed by atoms with Crippen LogP contribution in [0.15, 0.2) is 91.0 Å². The molecule has 0 aliphatic carbocycles. The molecule has 3 aromatic carbocycles. The van der Waals surface area contributed by atoms with Gasteiger partial charge in [-0.2, -0.15) is 0 Å². The second-order valence-corrected chi connectivity index (χ2v) is 13.1. The maximum atomic E-state index is 11.6. The minimum Gasteiger partial charge on any atom is -0.444 e. The summed E-state index contributed by atoms with van der Waals surface area (Å²) >= 11 is 0. The molecule has 0 unspecified atom stereocenters. The lowest BCUT2D eigenvalue weighted by Gasteiger charge is -2.41. The van der Waals surface area contributed by atoms with Crippen molar-refractivity contribution in [1.29, 1.82) is 0 Å². The summed E-state index contributed by atoms with van der Waals surface area (Å²) < 4.78 is 53.8. The van der Waals surface area contributed by atoms with E-state index in [1.807, 2.05) is 112 Å². The highest BCUT2D eigenvalue weighted by molar-refractivity contribution is 5.67. The molecule has 1 N–H and O–H groups in total. The van der Waals surface area contributed by atoms with Crippen molar-refractivity contribution < 1.29 is 47.4 Å². The summed E-state index contributed by atoms with van der Waals surface area (Å²) in [5.41, 5.74) is 2.71. The third-order valence-corrected chi connectivity index (χ3v) is 7.66. The number of carbonyl (C=O) groups is 1. The van der Waals surface area contributed by atoms with Crippen LogP contribution in [0.2, 0.25) is 0 Å². The predicted molar refractivity (Wildman–Crippen MR) is 192 cm³/mol. The van der Waals surface area contributed by atoms with Crippen LogP contribution in [-0.2, 0) is 62.5 Å². The summed E-state index contributed by atoms with van der Waals surface area (Å²) in [5.74, 6) is 0. The Balaban J connectivity index is 1.20. The van der Waals surface area contributed by atoms with E-state index >= 15 is 0 Å². The van der Waals surface area contributed by atoms with Crippen molar-refractivity contribution in [2.24, 2.45) is 0 Å². The second kappa shape index (κ2) is 23.2. The second-order valence-electron chi connectivity index (χ2n) is 13.1. The number of hydrogen-bond donors (Lipinski definition) is 1. The first-order chi connectivity index (χ1) is 24.9. The molecule has 1 aliphatic rings. The van der Waals surface area contributed by atoms with Crippen molar-refractivity contribution in [3.05, 3.63) is 108 Å². The zero-order valence-electron chi connectivity index (χ0n) is 30.2. The van der Waals surface area contributed by atoms with Gasteiger partial charge in [0, 0.05) is 13.0 Å². The first-order valence-corrected chi connectivity index (χ1v) is 17.8. The van der Waals surface area contributed by atoms with E-state index < -0.39 is 24.1 Å². The van der Waals surface area contributed by atoms with E-state index in [0.717, 1.165) is 16.7 Å². The summed E-state index contributed by atoms with van der Waals surface area (Å²) in [6.07, 6.45) is -1.56. The number of alkyl carbamates (subject to hydrolysis) is 1. The normalized spacial score (nSPS) is 19.1. The molecule has 1 saturated heterocycles. The van der Waals surface area contributed by atoms with E-state index in [1.165, 1.54) is 0 Å². The lowest BCUT2D eigenvalue weighted by molar-refractivity contribution is -0.280. The topological polar surface area (TPSA) is 112 Å². The number of hydrogen-bond acceptors (Lipinski definition) is 10. The maximum Gasteiger partial charge on any atom is 0.407 e. The SMILES string of the molecule is CC(C)(C)OC(=O)NCCOCCOCCOCCO[C@@H]1C[C@@H](OCc2ccccc2)[C@@H](OCc2ccccc2)[C@@H](COCc2ccccc2)O1. The van der Waals surface area contributed by atoms with Gasteiger partial charge in [0.25, 0.3) is 0 Å². The maximum absolute atomic E-state index is 11.6. The van der Waals surface area contributed by atoms with Crippen LogP contribution in [0.1, 0.15) is 43.9 Å². The number of rotatable bonds is 23. The Morgan fingerprint density at radius 2 is 1.16 bits per heavy atom. The first-order valence-electron chi connectivity index (χ1n) is 17.8. The van der Waals surface area contributed by atoms with E-state index in [2.05, 4.69) is 5.32 Å². The average Bonchev–Trinajstić information content (AvgIpc) is 3.12. The van der Waals surface area contributed by atoms with Crippen LogP contribution in [0.3, 0.4) is 0 Å². The highest BCUT2D eigenvalue weighted by Crippen LogP contribution is 2.28. The van der Waals surface area contributed by atoms with Gasteiger partial charge in [0.15, 0.2) is 6.29 Å². The summed E-state index contributed by atoms with van der Waals surface area (Å²) in [7, 11) is 0. The molecule has 3 aromatic rings. The smallest absolute Gasteiger partial charge is 0.407 e. The fourth-order valence-electron chi connectivity index (χ4n) is 5.24. The van der Waals surface area contributed by atoms with Crippen LogP contribution in [0, 0.1) is 0 Å². The van der Waals surface area contributed by atoms with Gasteiger partial charge in [-0.05, 0) is 37.5 Å². The molecule has 1 aliphatic heterocycles. The largest absolute Gasteiger partial charge is 0.444 e. The Bertz CT molecular complexity index is 1330. The monoisotopic (exact) mass is 709 g/mol. The van der Waals surface area contributed by atoms with Gasteiger partial charge in [-0.3, -0.25) is 0 Å². The van der Waals surface area contributed by atoms with Crippen molar-refractivity contribution >= 4 is 6.09 Å². The van der Waals surface area contributed by atoms with Crippen LogP contribution in [0.4, 0.5) is 4.79 Å².